The van der Waals surface area contributed by atoms with Crippen LogP contribution in [0.4, 0.5) is 11.4 Å². The fourth-order valence-corrected chi connectivity index (χ4v) is 2.04. The van der Waals surface area contributed by atoms with Gasteiger partial charge in [-0.25, -0.2) is 0 Å². The lowest BCUT2D eigenvalue weighted by atomic mass is 10.2. The van der Waals surface area contributed by atoms with Gasteiger partial charge in [0.2, 0.25) is 5.91 Å². The second-order valence-electron chi connectivity index (χ2n) is 4.79. The Morgan fingerprint density at radius 2 is 1.81 bits per heavy atom. The Morgan fingerprint density at radius 3 is 2.38 bits per heavy atom. The summed E-state index contributed by atoms with van der Waals surface area (Å²) in [5.74, 6) is -0.468. The quantitative estimate of drug-likeness (QED) is 0.878. The number of nitrogens with one attached hydrogen (secondary N) is 2. The topological polar surface area (TPSA) is 71.3 Å². The molecule has 0 aliphatic heterocycles. The van der Waals surface area contributed by atoms with Gasteiger partial charge in [0.1, 0.15) is 0 Å². The maximum Gasteiger partial charge on any atom is 0.260 e. The van der Waals surface area contributed by atoms with Crippen LogP contribution >= 0.6 is 15.9 Å². The van der Waals surface area contributed by atoms with Crippen molar-refractivity contribution < 1.29 is 14.0 Å². The van der Waals surface area contributed by atoms with E-state index in [0.717, 1.165) is 0 Å². The lowest BCUT2D eigenvalue weighted by molar-refractivity contribution is -0.118. The highest BCUT2D eigenvalue weighted by Crippen LogP contribution is 2.21. The molecule has 0 saturated carbocycles. The highest BCUT2D eigenvalue weighted by atomic mass is 79.9. The molecule has 0 spiro atoms. The number of halogens is 1. The van der Waals surface area contributed by atoms with E-state index in [0.29, 0.717) is 21.6 Å². The van der Waals surface area contributed by atoms with E-state index >= 15 is 0 Å². The van der Waals surface area contributed by atoms with Gasteiger partial charge < -0.3 is 15.1 Å². The third-order valence-corrected chi connectivity index (χ3v) is 3.39. The molecule has 1 heterocycles. The molecule has 2 aromatic rings. The van der Waals surface area contributed by atoms with E-state index in [1.54, 1.807) is 30.3 Å². The van der Waals surface area contributed by atoms with Gasteiger partial charge in [-0.3, -0.25) is 9.59 Å². The monoisotopic (exact) mass is 350 g/mol. The van der Waals surface area contributed by atoms with E-state index in [4.69, 9.17) is 4.42 Å². The summed E-state index contributed by atoms with van der Waals surface area (Å²) in [6.45, 7) is 3.63. The number of amides is 2. The average molecular weight is 351 g/mol. The lowest BCUT2D eigenvalue weighted by Crippen LogP contribution is -2.18. The molecule has 0 fully saturated rings. The first kappa shape index (κ1) is 15.3. The Bertz CT molecular complexity index is 664. The Kier molecular flexibility index (Phi) is 4.80. The fraction of sp³-hybridized carbons (Fsp3) is 0.200. The number of benzene rings is 1. The predicted molar refractivity (Wildman–Crippen MR) is 84.3 cm³/mol. The van der Waals surface area contributed by atoms with Crippen molar-refractivity contribution in [2.24, 2.45) is 5.92 Å². The van der Waals surface area contributed by atoms with Crippen molar-refractivity contribution in [3.8, 4) is 0 Å². The van der Waals surface area contributed by atoms with Crippen LogP contribution in [0.1, 0.15) is 24.2 Å². The first-order valence-electron chi connectivity index (χ1n) is 6.42. The van der Waals surface area contributed by atoms with Gasteiger partial charge in [-0.15, -0.1) is 0 Å². The summed E-state index contributed by atoms with van der Waals surface area (Å²) in [6.07, 6.45) is 1.43. The van der Waals surface area contributed by atoms with Crippen LogP contribution in [0, 0.1) is 5.92 Å². The average Bonchev–Trinajstić information content (AvgIpc) is 2.85. The smallest absolute Gasteiger partial charge is 0.260 e. The van der Waals surface area contributed by atoms with Crippen molar-refractivity contribution in [2.45, 2.75) is 13.8 Å². The van der Waals surface area contributed by atoms with Crippen molar-refractivity contribution in [1.82, 2.24) is 0 Å². The Morgan fingerprint density at radius 1 is 1.14 bits per heavy atom. The van der Waals surface area contributed by atoms with Crippen LogP contribution in [0.15, 0.2) is 45.7 Å². The zero-order valence-corrected chi connectivity index (χ0v) is 13.2. The Balaban J connectivity index is 2.09. The number of rotatable bonds is 4. The molecular weight excluding hydrogens is 336 g/mol. The molecule has 110 valence electrons. The maximum atomic E-state index is 12.0. The molecule has 2 N–H and O–H groups in total. The van der Waals surface area contributed by atoms with E-state index in [-0.39, 0.29) is 17.7 Å². The van der Waals surface area contributed by atoms with Crippen molar-refractivity contribution >= 4 is 39.1 Å². The van der Waals surface area contributed by atoms with Crippen LogP contribution in [0.25, 0.3) is 0 Å². The molecule has 0 bridgehead atoms. The van der Waals surface area contributed by atoms with Crippen molar-refractivity contribution in [3.63, 3.8) is 0 Å². The van der Waals surface area contributed by atoms with Crippen LogP contribution in [-0.4, -0.2) is 11.8 Å². The summed E-state index contributed by atoms with van der Waals surface area (Å²) in [7, 11) is 0. The number of carbonyl (C=O) groups excluding carboxylic acids is 2. The molecule has 6 heteroatoms. The van der Waals surface area contributed by atoms with Crippen LogP contribution in [0.2, 0.25) is 0 Å². The van der Waals surface area contributed by atoms with Crippen LogP contribution < -0.4 is 10.6 Å². The summed E-state index contributed by atoms with van der Waals surface area (Å²) >= 11 is 3.16. The molecule has 0 aliphatic rings. The number of anilines is 2. The molecule has 0 atom stereocenters. The number of carbonyl (C=O) groups is 2. The summed E-state index contributed by atoms with van der Waals surface area (Å²) in [5, 5.41) is 5.53. The van der Waals surface area contributed by atoms with Gasteiger partial charge in [0.15, 0.2) is 4.67 Å². The molecule has 0 radical (unpaired) electrons. The predicted octanol–water partition coefficient (Wildman–Crippen LogP) is 3.89. The zero-order valence-electron chi connectivity index (χ0n) is 11.6. The normalized spacial score (nSPS) is 10.5. The molecule has 0 aliphatic carbocycles. The van der Waals surface area contributed by atoms with E-state index in [1.165, 1.54) is 6.26 Å². The second-order valence-corrected chi connectivity index (χ2v) is 5.51. The minimum Gasteiger partial charge on any atom is -0.457 e. The SMILES string of the molecule is CC(C)C(=O)Nc1cccc(NC(=O)c2ccoc2Br)c1. The van der Waals surface area contributed by atoms with Gasteiger partial charge in [-0.05, 0) is 40.2 Å². The molecule has 5 nitrogen and oxygen atoms in total. The zero-order chi connectivity index (χ0) is 15.4. The third-order valence-electron chi connectivity index (χ3n) is 2.77. The number of furan rings is 1. The third kappa shape index (κ3) is 3.95. The van der Waals surface area contributed by atoms with Crippen molar-refractivity contribution in [2.75, 3.05) is 10.6 Å². The Labute approximate surface area is 130 Å². The van der Waals surface area contributed by atoms with E-state index in [2.05, 4.69) is 26.6 Å². The highest BCUT2D eigenvalue weighted by Gasteiger charge is 2.13. The molecule has 2 amide bonds. The fourth-order valence-electron chi connectivity index (χ4n) is 1.62. The summed E-state index contributed by atoms with van der Waals surface area (Å²) in [5.41, 5.74) is 1.64. The van der Waals surface area contributed by atoms with Gasteiger partial charge in [0.05, 0.1) is 11.8 Å². The molecule has 21 heavy (non-hydrogen) atoms. The van der Waals surface area contributed by atoms with Gasteiger partial charge in [-0.2, -0.15) is 0 Å². The molecular formula is C15H15BrN2O3. The van der Waals surface area contributed by atoms with E-state index in [9.17, 15) is 9.59 Å². The number of hydrogen-bond donors (Lipinski definition) is 2. The van der Waals surface area contributed by atoms with Gasteiger partial charge in [-0.1, -0.05) is 19.9 Å². The van der Waals surface area contributed by atoms with Crippen LogP contribution in [-0.2, 0) is 4.79 Å². The molecule has 1 aromatic carbocycles. The lowest BCUT2D eigenvalue weighted by Gasteiger charge is -2.10. The summed E-state index contributed by atoms with van der Waals surface area (Å²) < 4.78 is 5.40. The molecule has 0 saturated heterocycles. The minimum absolute atomic E-state index is 0.0731. The first-order chi connectivity index (χ1) is 9.97. The molecule has 1 aromatic heterocycles. The van der Waals surface area contributed by atoms with Gasteiger partial charge >= 0.3 is 0 Å². The second kappa shape index (κ2) is 6.58. The summed E-state index contributed by atoms with van der Waals surface area (Å²) in [4.78, 5) is 23.7. The largest absolute Gasteiger partial charge is 0.457 e. The summed E-state index contributed by atoms with van der Waals surface area (Å²) in [6, 6.07) is 8.55. The highest BCUT2D eigenvalue weighted by molar-refractivity contribution is 9.10. The van der Waals surface area contributed by atoms with Gasteiger partial charge in [0, 0.05) is 17.3 Å². The number of hydrogen-bond acceptors (Lipinski definition) is 3. The maximum absolute atomic E-state index is 12.0. The standard InChI is InChI=1S/C15H15BrN2O3/c1-9(2)14(19)17-10-4-3-5-11(8-10)18-15(20)12-6-7-21-13(12)16/h3-9H,1-2H3,(H,17,19)(H,18,20). The first-order valence-corrected chi connectivity index (χ1v) is 7.22. The van der Waals surface area contributed by atoms with E-state index in [1.807, 2.05) is 13.8 Å². The Hall–Kier alpha value is -2.08. The van der Waals surface area contributed by atoms with Gasteiger partial charge in [0.25, 0.3) is 5.91 Å². The van der Waals surface area contributed by atoms with Crippen LogP contribution in [0.5, 0.6) is 0 Å². The van der Waals surface area contributed by atoms with Crippen molar-refractivity contribution in [3.05, 3.63) is 46.8 Å². The molecule has 2 rings (SSSR count). The van der Waals surface area contributed by atoms with Crippen LogP contribution in [0.3, 0.4) is 0 Å². The van der Waals surface area contributed by atoms with Crippen molar-refractivity contribution in [1.29, 1.82) is 0 Å². The van der Waals surface area contributed by atoms with E-state index < -0.39 is 0 Å². The molecule has 0 unspecified atom stereocenters. The minimum atomic E-state index is -0.289.